The van der Waals surface area contributed by atoms with Crippen molar-refractivity contribution in [2.24, 2.45) is 5.92 Å². The minimum Gasteiger partial charge on any atom is -0.325 e. The van der Waals surface area contributed by atoms with Gasteiger partial charge in [-0.1, -0.05) is 0 Å². The first kappa shape index (κ1) is 15.2. The van der Waals surface area contributed by atoms with Crippen LogP contribution < -0.4 is 10.6 Å². The summed E-state index contributed by atoms with van der Waals surface area (Å²) in [5.41, 5.74) is -3.80. The van der Waals surface area contributed by atoms with E-state index in [2.05, 4.69) is 10.6 Å². The number of thioether (sulfide) groups is 1. The van der Waals surface area contributed by atoms with Crippen LogP contribution in [0.4, 0.5) is 18.9 Å². The van der Waals surface area contributed by atoms with E-state index in [1.807, 2.05) is 0 Å². The van der Waals surface area contributed by atoms with Crippen LogP contribution in [0.15, 0.2) is 29.2 Å². The second-order valence-corrected chi connectivity index (χ2v) is 5.83. The fourth-order valence-electron chi connectivity index (χ4n) is 1.66. The van der Waals surface area contributed by atoms with Crippen molar-refractivity contribution in [3.8, 4) is 0 Å². The highest BCUT2D eigenvalue weighted by atomic mass is 32.2. The van der Waals surface area contributed by atoms with Crippen LogP contribution in [-0.2, 0) is 4.79 Å². The third kappa shape index (κ3) is 5.83. The summed E-state index contributed by atoms with van der Waals surface area (Å²) in [6, 6.07) is 5.61. The Labute approximate surface area is 119 Å². The molecule has 1 aliphatic rings. The van der Waals surface area contributed by atoms with Crippen LogP contribution in [0.1, 0.15) is 12.8 Å². The van der Waals surface area contributed by atoms with Gasteiger partial charge in [0.25, 0.3) is 0 Å². The third-order valence-electron chi connectivity index (χ3n) is 2.79. The summed E-state index contributed by atoms with van der Waals surface area (Å²) in [4.78, 5) is 11.7. The van der Waals surface area contributed by atoms with Gasteiger partial charge in [-0.25, -0.2) is 0 Å². The molecule has 0 unspecified atom stereocenters. The SMILES string of the molecule is O=C(CNCC1CC1)Nc1ccc(SC(F)(F)F)cc1. The molecule has 7 heteroatoms. The molecule has 0 radical (unpaired) electrons. The van der Waals surface area contributed by atoms with E-state index >= 15 is 0 Å². The van der Waals surface area contributed by atoms with E-state index in [-0.39, 0.29) is 29.1 Å². The standard InChI is InChI=1S/C13H15F3N2OS/c14-13(15,16)20-11-5-3-10(4-6-11)18-12(19)8-17-7-9-1-2-9/h3-6,9,17H,1-2,7-8H2,(H,18,19). The smallest absolute Gasteiger partial charge is 0.325 e. The van der Waals surface area contributed by atoms with Gasteiger partial charge in [-0.2, -0.15) is 13.2 Å². The molecule has 1 aromatic rings. The number of hydrogen-bond donors (Lipinski definition) is 2. The molecule has 1 aliphatic carbocycles. The monoisotopic (exact) mass is 304 g/mol. The second-order valence-electron chi connectivity index (χ2n) is 4.69. The minimum atomic E-state index is -4.29. The summed E-state index contributed by atoms with van der Waals surface area (Å²) < 4.78 is 36.4. The van der Waals surface area contributed by atoms with E-state index in [1.54, 1.807) is 0 Å². The number of nitrogens with one attached hydrogen (secondary N) is 2. The second kappa shape index (κ2) is 6.49. The average Bonchev–Trinajstić information content (AvgIpc) is 3.14. The number of anilines is 1. The molecular formula is C13H15F3N2OS. The van der Waals surface area contributed by atoms with Gasteiger partial charge in [0, 0.05) is 10.6 Å². The zero-order valence-electron chi connectivity index (χ0n) is 10.7. The largest absolute Gasteiger partial charge is 0.446 e. The normalized spacial score (nSPS) is 15.2. The van der Waals surface area contributed by atoms with Gasteiger partial charge in [-0.3, -0.25) is 4.79 Å². The summed E-state index contributed by atoms with van der Waals surface area (Å²) in [6.07, 6.45) is 2.43. The lowest BCUT2D eigenvalue weighted by atomic mass is 10.3. The first-order chi connectivity index (χ1) is 9.42. The number of amides is 1. The maximum atomic E-state index is 12.1. The number of rotatable bonds is 6. The van der Waals surface area contributed by atoms with Crippen LogP contribution in [0.5, 0.6) is 0 Å². The molecule has 2 rings (SSSR count). The van der Waals surface area contributed by atoms with Gasteiger partial charge in [0.15, 0.2) is 0 Å². The maximum Gasteiger partial charge on any atom is 0.446 e. The van der Waals surface area contributed by atoms with Gasteiger partial charge in [0.1, 0.15) is 0 Å². The van der Waals surface area contributed by atoms with Crippen molar-refractivity contribution in [3.63, 3.8) is 0 Å². The fraction of sp³-hybridized carbons (Fsp3) is 0.462. The lowest BCUT2D eigenvalue weighted by Crippen LogP contribution is -2.29. The molecule has 1 aromatic carbocycles. The van der Waals surface area contributed by atoms with E-state index in [1.165, 1.54) is 37.1 Å². The van der Waals surface area contributed by atoms with Gasteiger partial charge in [0.2, 0.25) is 5.91 Å². The van der Waals surface area contributed by atoms with Crippen molar-refractivity contribution in [1.29, 1.82) is 0 Å². The Bertz CT molecular complexity index is 458. The summed E-state index contributed by atoms with van der Waals surface area (Å²) >= 11 is -0.173. The Morgan fingerprint density at radius 3 is 2.45 bits per heavy atom. The molecule has 1 amide bonds. The van der Waals surface area contributed by atoms with Crippen molar-refractivity contribution in [2.75, 3.05) is 18.4 Å². The van der Waals surface area contributed by atoms with Gasteiger partial charge >= 0.3 is 5.51 Å². The molecule has 110 valence electrons. The van der Waals surface area contributed by atoms with Crippen LogP contribution >= 0.6 is 11.8 Å². The number of halogens is 3. The molecule has 0 aliphatic heterocycles. The van der Waals surface area contributed by atoms with Crippen LogP contribution in [0.2, 0.25) is 0 Å². The topological polar surface area (TPSA) is 41.1 Å². The van der Waals surface area contributed by atoms with E-state index in [0.717, 1.165) is 6.54 Å². The summed E-state index contributed by atoms with van der Waals surface area (Å²) in [5, 5.41) is 5.68. The Kier molecular flexibility index (Phi) is 4.93. The molecule has 0 atom stereocenters. The van der Waals surface area contributed by atoms with E-state index < -0.39 is 5.51 Å². The van der Waals surface area contributed by atoms with E-state index in [0.29, 0.717) is 11.6 Å². The van der Waals surface area contributed by atoms with Gasteiger partial charge in [-0.05, 0) is 61.3 Å². The van der Waals surface area contributed by atoms with E-state index in [9.17, 15) is 18.0 Å². The molecule has 0 saturated heterocycles. The highest BCUT2D eigenvalue weighted by Crippen LogP contribution is 2.37. The molecule has 20 heavy (non-hydrogen) atoms. The molecular weight excluding hydrogens is 289 g/mol. The van der Waals surface area contributed by atoms with Crippen molar-refractivity contribution < 1.29 is 18.0 Å². The minimum absolute atomic E-state index is 0.0994. The number of hydrogen-bond acceptors (Lipinski definition) is 3. The zero-order valence-corrected chi connectivity index (χ0v) is 11.5. The zero-order chi connectivity index (χ0) is 14.6. The first-order valence-corrected chi connectivity index (χ1v) is 7.10. The third-order valence-corrected chi connectivity index (χ3v) is 3.53. The molecule has 2 N–H and O–H groups in total. The predicted molar refractivity (Wildman–Crippen MR) is 72.6 cm³/mol. The van der Waals surface area contributed by atoms with Gasteiger partial charge in [0.05, 0.1) is 6.54 Å². The van der Waals surface area contributed by atoms with Crippen LogP contribution in [0.3, 0.4) is 0 Å². The number of alkyl halides is 3. The highest BCUT2D eigenvalue weighted by molar-refractivity contribution is 8.00. The lowest BCUT2D eigenvalue weighted by Gasteiger charge is -2.08. The van der Waals surface area contributed by atoms with Crippen molar-refractivity contribution >= 4 is 23.4 Å². The Balaban J connectivity index is 1.75. The fourth-order valence-corrected chi connectivity index (χ4v) is 2.20. The Morgan fingerprint density at radius 1 is 1.25 bits per heavy atom. The first-order valence-electron chi connectivity index (χ1n) is 6.29. The van der Waals surface area contributed by atoms with Crippen LogP contribution in [-0.4, -0.2) is 24.5 Å². The van der Waals surface area contributed by atoms with Gasteiger partial charge < -0.3 is 10.6 Å². The van der Waals surface area contributed by atoms with Crippen molar-refractivity contribution in [1.82, 2.24) is 5.32 Å². The molecule has 0 heterocycles. The van der Waals surface area contributed by atoms with Crippen molar-refractivity contribution in [2.45, 2.75) is 23.2 Å². The number of carbonyl (C=O) groups excluding carboxylic acids is 1. The van der Waals surface area contributed by atoms with Gasteiger partial charge in [-0.15, -0.1) is 0 Å². The van der Waals surface area contributed by atoms with Crippen LogP contribution in [0, 0.1) is 5.92 Å². The summed E-state index contributed by atoms with van der Waals surface area (Å²) in [7, 11) is 0. The quantitative estimate of drug-likeness (QED) is 0.793. The number of carbonyl (C=O) groups is 1. The Morgan fingerprint density at radius 2 is 1.90 bits per heavy atom. The molecule has 0 spiro atoms. The van der Waals surface area contributed by atoms with E-state index in [4.69, 9.17) is 0 Å². The molecule has 1 fully saturated rings. The maximum absolute atomic E-state index is 12.1. The molecule has 3 nitrogen and oxygen atoms in total. The summed E-state index contributed by atoms with van der Waals surface area (Å²) in [5.74, 6) is 0.503. The predicted octanol–water partition coefficient (Wildman–Crippen LogP) is 3.24. The molecule has 0 bridgehead atoms. The lowest BCUT2D eigenvalue weighted by molar-refractivity contribution is -0.115. The van der Waals surface area contributed by atoms with Crippen molar-refractivity contribution in [3.05, 3.63) is 24.3 Å². The van der Waals surface area contributed by atoms with Crippen LogP contribution in [0.25, 0.3) is 0 Å². The number of benzene rings is 1. The molecule has 0 aromatic heterocycles. The average molecular weight is 304 g/mol. The highest BCUT2D eigenvalue weighted by Gasteiger charge is 2.29. The summed E-state index contributed by atoms with van der Waals surface area (Å²) in [6.45, 7) is 1.06. The molecule has 1 saturated carbocycles. The Hall–Kier alpha value is -1.21.